The molecule has 1 aromatic carbocycles. The SMILES string of the molecule is N#Cc1cnc(Nc2ccc(Br)cc2Br)cn1. The highest BCUT2D eigenvalue weighted by molar-refractivity contribution is 9.11. The van der Waals surface area contributed by atoms with Crippen molar-refractivity contribution in [2.45, 2.75) is 0 Å². The summed E-state index contributed by atoms with van der Waals surface area (Å²) >= 11 is 6.82. The Morgan fingerprint density at radius 2 is 2.00 bits per heavy atom. The Labute approximate surface area is 115 Å². The number of aromatic nitrogens is 2. The van der Waals surface area contributed by atoms with Gasteiger partial charge in [0, 0.05) is 8.95 Å². The number of nitrogens with zero attached hydrogens (tertiary/aromatic N) is 3. The Morgan fingerprint density at radius 1 is 1.18 bits per heavy atom. The van der Waals surface area contributed by atoms with Gasteiger partial charge in [-0.25, -0.2) is 9.97 Å². The standard InChI is InChI=1S/C11H6Br2N4/c12-7-1-2-10(9(13)3-7)17-11-6-15-8(4-14)5-16-11/h1-3,5-6H,(H,16,17). The van der Waals surface area contributed by atoms with Gasteiger partial charge in [0.2, 0.25) is 0 Å². The van der Waals surface area contributed by atoms with Gasteiger partial charge >= 0.3 is 0 Å². The van der Waals surface area contributed by atoms with E-state index in [9.17, 15) is 0 Å². The van der Waals surface area contributed by atoms with Crippen LogP contribution in [0.4, 0.5) is 11.5 Å². The molecule has 2 rings (SSSR count). The lowest BCUT2D eigenvalue weighted by atomic mass is 10.3. The van der Waals surface area contributed by atoms with Crippen LogP contribution in [-0.2, 0) is 0 Å². The second kappa shape index (κ2) is 5.25. The highest BCUT2D eigenvalue weighted by atomic mass is 79.9. The lowest BCUT2D eigenvalue weighted by Gasteiger charge is -2.07. The highest BCUT2D eigenvalue weighted by Crippen LogP contribution is 2.27. The average molecular weight is 354 g/mol. The van der Waals surface area contributed by atoms with Gasteiger partial charge in [0.25, 0.3) is 0 Å². The molecule has 0 saturated heterocycles. The molecular weight excluding hydrogens is 348 g/mol. The summed E-state index contributed by atoms with van der Waals surface area (Å²) in [5, 5.41) is 11.7. The van der Waals surface area contributed by atoms with Crippen LogP contribution in [0, 0.1) is 11.3 Å². The van der Waals surface area contributed by atoms with E-state index in [1.54, 1.807) is 0 Å². The number of hydrogen-bond acceptors (Lipinski definition) is 4. The van der Waals surface area contributed by atoms with E-state index in [0.29, 0.717) is 11.5 Å². The van der Waals surface area contributed by atoms with E-state index in [1.807, 2.05) is 24.3 Å². The first-order valence-electron chi connectivity index (χ1n) is 4.63. The molecule has 17 heavy (non-hydrogen) atoms. The largest absolute Gasteiger partial charge is 0.338 e. The zero-order valence-corrected chi connectivity index (χ0v) is 11.7. The first-order chi connectivity index (χ1) is 8.19. The first-order valence-corrected chi connectivity index (χ1v) is 6.22. The third-order valence-electron chi connectivity index (χ3n) is 1.96. The Hall–Kier alpha value is -1.45. The molecule has 6 heteroatoms. The van der Waals surface area contributed by atoms with Gasteiger partial charge in [-0.15, -0.1) is 0 Å². The van der Waals surface area contributed by atoms with Crippen LogP contribution in [0.1, 0.15) is 5.69 Å². The van der Waals surface area contributed by atoms with Crippen LogP contribution in [0.3, 0.4) is 0 Å². The summed E-state index contributed by atoms with van der Waals surface area (Å²) < 4.78 is 1.90. The fraction of sp³-hybridized carbons (Fsp3) is 0. The van der Waals surface area contributed by atoms with Crippen molar-refractivity contribution in [2.24, 2.45) is 0 Å². The molecule has 0 spiro atoms. The number of nitriles is 1. The second-order valence-corrected chi connectivity index (χ2v) is 4.92. The summed E-state index contributed by atoms with van der Waals surface area (Å²) in [7, 11) is 0. The fourth-order valence-electron chi connectivity index (χ4n) is 1.18. The van der Waals surface area contributed by atoms with Gasteiger partial charge in [-0.1, -0.05) is 15.9 Å². The van der Waals surface area contributed by atoms with Crippen LogP contribution in [0.25, 0.3) is 0 Å². The topological polar surface area (TPSA) is 61.6 Å². The smallest absolute Gasteiger partial charge is 0.158 e. The van der Waals surface area contributed by atoms with E-state index in [1.165, 1.54) is 12.4 Å². The zero-order chi connectivity index (χ0) is 12.3. The molecule has 0 atom stereocenters. The molecule has 1 N–H and O–H groups in total. The number of rotatable bonds is 2. The van der Waals surface area contributed by atoms with Gasteiger partial charge in [0.1, 0.15) is 11.9 Å². The number of nitrogens with one attached hydrogen (secondary N) is 1. The average Bonchev–Trinajstić information content (AvgIpc) is 2.34. The summed E-state index contributed by atoms with van der Waals surface area (Å²) in [6.45, 7) is 0. The number of halogens is 2. The molecular formula is C11H6Br2N4. The predicted molar refractivity (Wildman–Crippen MR) is 71.9 cm³/mol. The zero-order valence-electron chi connectivity index (χ0n) is 8.48. The lowest BCUT2D eigenvalue weighted by Crippen LogP contribution is -1.96. The normalized spacial score (nSPS) is 9.71. The van der Waals surface area contributed by atoms with Crippen molar-refractivity contribution < 1.29 is 0 Å². The molecule has 0 aliphatic carbocycles. The van der Waals surface area contributed by atoms with Crippen LogP contribution < -0.4 is 5.32 Å². The first kappa shape index (κ1) is 12.0. The van der Waals surface area contributed by atoms with Crippen LogP contribution in [-0.4, -0.2) is 9.97 Å². The molecule has 0 radical (unpaired) electrons. The maximum absolute atomic E-state index is 8.61. The van der Waals surface area contributed by atoms with Crippen LogP contribution >= 0.6 is 31.9 Å². The van der Waals surface area contributed by atoms with Crippen molar-refractivity contribution >= 4 is 43.4 Å². The predicted octanol–water partition coefficient (Wildman–Crippen LogP) is 3.62. The Balaban J connectivity index is 2.23. The molecule has 2 aromatic rings. The lowest BCUT2D eigenvalue weighted by molar-refractivity contribution is 1.16. The van der Waals surface area contributed by atoms with E-state index in [2.05, 4.69) is 47.1 Å². The highest BCUT2D eigenvalue weighted by Gasteiger charge is 2.02. The van der Waals surface area contributed by atoms with E-state index in [-0.39, 0.29) is 0 Å². The summed E-state index contributed by atoms with van der Waals surface area (Å²) in [5.41, 5.74) is 1.18. The Bertz CT molecular complexity index is 575. The van der Waals surface area contributed by atoms with Crippen LogP contribution in [0.5, 0.6) is 0 Å². The molecule has 1 heterocycles. The van der Waals surface area contributed by atoms with E-state index in [4.69, 9.17) is 5.26 Å². The van der Waals surface area contributed by atoms with Crippen LogP contribution in [0.2, 0.25) is 0 Å². The van der Waals surface area contributed by atoms with Crippen molar-refractivity contribution in [1.82, 2.24) is 9.97 Å². The van der Waals surface area contributed by atoms with Crippen molar-refractivity contribution in [3.63, 3.8) is 0 Å². The molecule has 0 fully saturated rings. The van der Waals surface area contributed by atoms with E-state index >= 15 is 0 Å². The molecule has 0 aliphatic heterocycles. The number of benzene rings is 1. The second-order valence-electron chi connectivity index (χ2n) is 3.15. The molecule has 0 unspecified atom stereocenters. The van der Waals surface area contributed by atoms with Gasteiger partial charge in [-0.3, -0.25) is 0 Å². The Morgan fingerprint density at radius 3 is 2.59 bits per heavy atom. The van der Waals surface area contributed by atoms with Crippen molar-refractivity contribution in [1.29, 1.82) is 5.26 Å². The third-order valence-corrected chi connectivity index (χ3v) is 3.11. The third kappa shape index (κ3) is 3.02. The molecule has 0 aliphatic rings. The minimum atomic E-state index is 0.297. The van der Waals surface area contributed by atoms with E-state index in [0.717, 1.165) is 14.6 Å². The maximum Gasteiger partial charge on any atom is 0.158 e. The molecule has 1 aromatic heterocycles. The molecule has 0 amide bonds. The van der Waals surface area contributed by atoms with Gasteiger partial charge in [0.05, 0.1) is 18.1 Å². The minimum absolute atomic E-state index is 0.297. The summed E-state index contributed by atoms with van der Waals surface area (Å²) in [5.74, 6) is 0.590. The minimum Gasteiger partial charge on any atom is -0.338 e. The van der Waals surface area contributed by atoms with E-state index < -0.39 is 0 Å². The molecule has 84 valence electrons. The molecule has 0 bridgehead atoms. The van der Waals surface area contributed by atoms with Crippen molar-refractivity contribution in [2.75, 3.05) is 5.32 Å². The summed E-state index contributed by atoms with van der Waals surface area (Å²) in [6.07, 6.45) is 2.95. The quantitative estimate of drug-likeness (QED) is 0.895. The summed E-state index contributed by atoms with van der Waals surface area (Å²) in [6, 6.07) is 7.68. The Kier molecular flexibility index (Phi) is 3.71. The molecule has 0 saturated carbocycles. The summed E-state index contributed by atoms with van der Waals surface area (Å²) in [4.78, 5) is 8.01. The molecule has 4 nitrogen and oxygen atoms in total. The van der Waals surface area contributed by atoms with Gasteiger partial charge in [-0.05, 0) is 34.1 Å². The van der Waals surface area contributed by atoms with Crippen molar-refractivity contribution in [3.8, 4) is 6.07 Å². The number of hydrogen-bond donors (Lipinski definition) is 1. The monoisotopic (exact) mass is 352 g/mol. The van der Waals surface area contributed by atoms with Crippen LogP contribution in [0.15, 0.2) is 39.5 Å². The van der Waals surface area contributed by atoms with Gasteiger partial charge in [0.15, 0.2) is 5.69 Å². The number of anilines is 2. The van der Waals surface area contributed by atoms with Crippen molar-refractivity contribution in [3.05, 3.63) is 45.2 Å². The van der Waals surface area contributed by atoms with Gasteiger partial charge < -0.3 is 5.32 Å². The fourth-order valence-corrected chi connectivity index (χ4v) is 2.33. The van der Waals surface area contributed by atoms with Gasteiger partial charge in [-0.2, -0.15) is 5.26 Å². The maximum atomic E-state index is 8.61.